The first-order valence-corrected chi connectivity index (χ1v) is 26.5. The minimum absolute atomic E-state index is 0.0615. The van der Waals surface area contributed by atoms with Crippen molar-refractivity contribution in [2.45, 2.75) is 258 Å². The summed E-state index contributed by atoms with van der Waals surface area (Å²) in [6, 6.07) is 0. The molecule has 0 fully saturated rings. The number of unbranched alkanes of at least 4 members (excludes halogenated alkanes) is 25. The lowest BCUT2D eigenvalue weighted by atomic mass is 10.0. The monoisotopic (exact) mass is 865 g/mol. The Morgan fingerprint density at radius 1 is 0.371 bits per heavy atom. The van der Waals surface area contributed by atoms with E-state index in [1.165, 1.54) is 141 Å². The molecule has 358 valence electrons. The molecule has 0 bridgehead atoms. The standard InChI is InChI=1S/C57H100O5/c1-4-7-10-13-16-19-22-25-27-28-29-30-31-33-35-38-41-44-47-50-56(58)61-54-55(53-60-52-49-46-43-40-37-34-26-23-20-17-14-11-8-5-2)62-57(59)51-48-45-42-39-36-32-24-21-18-15-12-9-6-3/h8,11,16-17,19-20,25-27,34,40,43,55H,4-7,9-10,12-15,18,21-24,28-33,35-39,41-42,44-54H2,1-3H3/b11-8-,19-16-,20-17-,27-25-,34-26-,43-40-. The van der Waals surface area contributed by atoms with Gasteiger partial charge in [0, 0.05) is 19.4 Å². The molecular weight excluding hydrogens is 765 g/mol. The zero-order valence-electron chi connectivity index (χ0n) is 41.1. The van der Waals surface area contributed by atoms with Crippen LogP contribution in [0.15, 0.2) is 72.9 Å². The van der Waals surface area contributed by atoms with Crippen molar-refractivity contribution >= 4 is 11.9 Å². The topological polar surface area (TPSA) is 61.8 Å². The van der Waals surface area contributed by atoms with Gasteiger partial charge in [0.2, 0.25) is 0 Å². The van der Waals surface area contributed by atoms with Crippen molar-refractivity contribution in [1.29, 1.82) is 0 Å². The molecule has 0 amide bonds. The Kier molecular flexibility index (Phi) is 50.4. The number of ether oxygens (including phenoxy) is 3. The largest absolute Gasteiger partial charge is 0.462 e. The van der Waals surface area contributed by atoms with Gasteiger partial charge in [-0.2, -0.15) is 0 Å². The summed E-state index contributed by atoms with van der Waals surface area (Å²) in [7, 11) is 0. The highest BCUT2D eigenvalue weighted by molar-refractivity contribution is 5.70. The van der Waals surface area contributed by atoms with E-state index >= 15 is 0 Å². The highest BCUT2D eigenvalue weighted by Crippen LogP contribution is 2.15. The molecule has 1 unspecified atom stereocenters. The maximum atomic E-state index is 12.8. The zero-order chi connectivity index (χ0) is 44.9. The Morgan fingerprint density at radius 2 is 0.726 bits per heavy atom. The third kappa shape index (κ3) is 50.0. The van der Waals surface area contributed by atoms with Crippen LogP contribution < -0.4 is 0 Å². The molecule has 0 aliphatic heterocycles. The van der Waals surface area contributed by atoms with Crippen molar-refractivity contribution in [2.24, 2.45) is 0 Å². The van der Waals surface area contributed by atoms with Crippen molar-refractivity contribution in [3.05, 3.63) is 72.9 Å². The average molecular weight is 865 g/mol. The van der Waals surface area contributed by atoms with Crippen LogP contribution in [0.5, 0.6) is 0 Å². The number of hydrogen-bond donors (Lipinski definition) is 0. The van der Waals surface area contributed by atoms with Crippen LogP contribution in [0.2, 0.25) is 0 Å². The van der Waals surface area contributed by atoms with Gasteiger partial charge in [-0.3, -0.25) is 9.59 Å². The minimum atomic E-state index is -0.566. The molecule has 5 nitrogen and oxygen atoms in total. The second kappa shape index (κ2) is 52.7. The summed E-state index contributed by atoms with van der Waals surface area (Å²) in [6.45, 7) is 7.57. The van der Waals surface area contributed by atoms with Gasteiger partial charge in [-0.1, -0.05) is 229 Å². The van der Waals surface area contributed by atoms with Gasteiger partial charge < -0.3 is 14.2 Å². The number of hydrogen-bond acceptors (Lipinski definition) is 5. The molecule has 0 aliphatic carbocycles. The van der Waals surface area contributed by atoms with Gasteiger partial charge in [-0.25, -0.2) is 0 Å². The van der Waals surface area contributed by atoms with Crippen LogP contribution in [-0.4, -0.2) is 37.9 Å². The molecule has 0 radical (unpaired) electrons. The van der Waals surface area contributed by atoms with E-state index in [-0.39, 0.29) is 25.2 Å². The summed E-state index contributed by atoms with van der Waals surface area (Å²) in [6.07, 6.45) is 67.8. The molecule has 0 saturated carbocycles. The first kappa shape index (κ1) is 59.3. The maximum absolute atomic E-state index is 12.8. The van der Waals surface area contributed by atoms with Gasteiger partial charge in [0.25, 0.3) is 0 Å². The lowest BCUT2D eigenvalue weighted by Gasteiger charge is -2.18. The number of rotatable bonds is 48. The van der Waals surface area contributed by atoms with Gasteiger partial charge in [-0.15, -0.1) is 0 Å². The Hall–Kier alpha value is -2.66. The smallest absolute Gasteiger partial charge is 0.306 e. The van der Waals surface area contributed by atoms with Gasteiger partial charge >= 0.3 is 11.9 Å². The fourth-order valence-corrected chi connectivity index (χ4v) is 7.31. The van der Waals surface area contributed by atoms with Crippen molar-refractivity contribution < 1.29 is 23.8 Å². The van der Waals surface area contributed by atoms with Crippen molar-refractivity contribution in [1.82, 2.24) is 0 Å². The lowest BCUT2D eigenvalue weighted by Crippen LogP contribution is -2.30. The fraction of sp³-hybridized carbons (Fsp3) is 0.754. The maximum Gasteiger partial charge on any atom is 0.306 e. The number of allylic oxidation sites excluding steroid dienone is 12. The molecule has 1 atom stereocenters. The van der Waals surface area contributed by atoms with Crippen molar-refractivity contribution in [3.8, 4) is 0 Å². The number of carbonyl (C=O) groups is 2. The summed E-state index contributed by atoms with van der Waals surface area (Å²) < 4.78 is 17.3. The molecule has 0 rings (SSSR count). The van der Waals surface area contributed by atoms with Crippen LogP contribution in [0.4, 0.5) is 0 Å². The molecule has 0 N–H and O–H groups in total. The van der Waals surface area contributed by atoms with Crippen LogP contribution in [0.3, 0.4) is 0 Å². The number of esters is 2. The molecule has 5 heteroatoms. The van der Waals surface area contributed by atoms with Crippen LogP contribution >= 0.6 is 0 Å². The predicted octanol–water partition coefficient (Wildman–Crippen LogP) is 17.9. The van der Waals surface area contributed by atoms with Crippen LogP contribution in [0, 0.1) is 0 Å². The molecular formula is C57H100O5. The van der Waals surface area contributed by atoms with Crippen LogP contribution in [0.25, 0.3) is 0 Å². The molecule has 0 spiro atoms. The van der Waals surface area contributed by atoms with Crippen molar-refractivity contribution in [3.63, 3.8) is 0 Å². The Labute approximate surface area is 385 Å². The first-order chi connectivity index (χ1) is 30.6. The lowest BCUT2D eigenvalue weighted by molar-refractivity contribution is -0.163. The van der Waals surface area contributed by atoms with Crippen LogP contribution in [0.1, 0.15) is 252 Å². The highest BCUT2D eigenvalue weighted by atomic mass is 16.6. The molecule has 0 aromatic carbocycles. The molecule has 0 saturated heterocycles. The Balaban J connectivity index is 4.30. The normalized spacial score (nSPS) is 12.8. The van der Waals surface area contributed by atoms with Gasteiger partial charge in [0.15, 0.2) is 6.10 Å². The SMILES string of the molecule is CC/C=C\C/C=C\C/C=C\C/C=C\CCCOCC(COC(=O)CCCCCCCCCCC/C=C\C/C=C\CCCCC)OC(=O)CCCCCCCCCCCCCCC. The van der Waals surface area contributed by atoms with Gasteiger partial charge in [0.05, 0.1) is 6.61 Å². The molecule has 62 heavy (non-hydrogen) atoms. The summed E-state index contributed by atoms with van der Waals surface area (Å²) in [5, 5.41) is 0. The van der Waals surface area contributed by atoms with Gasteiger partial charge in [-0.05, 0) is 83.5 Å². The van der Waals surface area contributed by atoms with Crippen LogP contribution in [-0.2, 0) is 23.8 Å². The van der Waals surface area contributed by atoms with E-state index in [0.29, 0.717) is 19.4 Å². The molecule has 0 aromatic rings. The summed E-state index contributed by atoms with van der Waals surface area (Å²) in [4.78, 5) is 25.4. The predicted molar refractivity (Wildman–Crippen MR) is 270 cm³/mol. The van der Waals surface area contributed by atoms with E-state index < -0.39 is 6.10 Å². The quantitative estimate of drug-likeness (QED) is 0.0346. The van der Waals surface area contributed by atoms with E-state index in [1.807, 2.05) is 0 Å². The third-order valence-electron chi connectivity index (χ3n) is 11.2. The Morgan fingerprint density at radius 3 is 1.19 bits per heavy atom. The van der Waals surface area contributed by atoms with Crippen molar-refractivity contribution in [2.75, 3.05) is 19.8 Å². The zero-order valence-corrected chi connectivity index (χ0v) is 41.1. The number of carbonyl (C=O) groups excluding carboxylic acids is 2. The van der Waals surface area contributed by atoms with E-state index in [0.717, 1.165) is 77.0 Å². The average Bonchev–Trinajstić information content (AvgIpc) is 3.27. The second-order valence-corrected chi connectivity index (χ2v) is 17.4. The summed E-state index contributed by atoms with van der Waals surface area (Å²) in [5.41, 5.74) is 0. The molecule has 0 aliphatic rings. The van der Waals surface area contributed by atoms with E-state index in [4.69, 9.17) is 14.2 Å². The first-order valence-electron chi connectivity index (χ1n) is 26.5. The van der Waals surface area contributed by atoms with Gasteiger partial charge in [0.1, 0.15) is 6.61 Å². The highest BCUT2D eigenvalue weighted by Gasteiger charge is 2.17. The van der Waals surface area contributed by atoms with E-state index in [9.17, 15) is 9.59 Å². The molecule has 0 heterocycles. The summed E-state index contributed by atoms with van der Waals surface area (Å²) in [5.74, 6) is -0.426. The summed E-state index contributed by atoms with van der Waals surface area (Å²) >= 11 is 0. The molecule has 0 aromatic heterocycles. The third-order valence-corrected chi connectivity index (χ3v) is 11.2. The Bertz CT molecular complexity index is 1110. The van der Waals surface area contributed by atoms with E-state index in [2.05, 4.69) is 93.7 Å². The fourth-order valence-electron chi connectivity index (χ4n) is 7.31. The minimum Gasteiger partial charge on any atom is -0.462 e. The second-order valence-electron chi connectivity index (χ2n) is 17.4. The van der Waals surface area contributed by atoms with E-state index in [1.54, 1.807) is 0 Å².